The predicted octanol–water partition coefficient (Wildman–Crippen LogP) is 5.03. The van der Waals surface area contributed by atoms with Crippen molar-refractivity contribution >= 4 is 15.9 Å². The van der Waals surface area contributed by atoms with Crippen molar-refractivity contribution in [1.29, 1.82) is 0 Å². The van der Waals surface area contributed by atoms with E-state index in [-0.39, 0.29) is 0 Å². The Hall–Kier alpha value is -2.37. The highest BCUT2D eigenvalue weighted by atomic mass is 79.9. The van der Waals surface area contributed by atoms with Crippen molar-refractivity contribution in [2.45, 2.75) is 26.6 Å². The number of nitrogens with zero attached hydrogens (tertiary/aromatic N) is 1. The first-order valence-corrected chi connectivity index (χ1v) is 9.60. The molecule has 0 bridgehead atoms. The molecule has 1 N–H and O–H groups in total. The van der Waals surface area contributed by atoms with Crippen molar-refractivity contribution < 1.29 is 9.47 Å². The molecule has 0 fully saturated rings. The molecule has 27 heavy (non-hydrogen) atoms. The summed E-state index contributed by atoms with van der Waals surface area (Å²) in [4.78, 5) is 4.32. The molecule has 0 unspecified atom stereocenters. The van der Waals surface area contributed by atoms with Crippen LogP contribution in [0, 0.1) is 6.92 Å². The van der Waals surface area contributed by atoms with Crippen LogP contribution in [-0.4, -0.2) is 12.1 Å². The van der Waals surface area contributed by atoms with E-state index in [0.717, 1.165) is 32.8 Å². The molecule has 5 heteroatoms. The van der Waals surface area contributed by atoms with Crippen LogP contribution in [0.15, 0.2) is 65.3 Å². The van der Waals surface area contributed by atoms with Crippen LogP contribution in [-0.2, 0) is 19.7 Å². The number of nitrogens with one attached hydrogen (secondary N) is 1. The zero-order chi connectivity index (χ0) is 19.1. The van der Waals surface area contributed by atoms with Gasteiger partial charge in [-0.05, 0) is 42.3 Å². The number of methoxy groups -OCH3 is 1. The SMILES string of the molecule is COc1cc(CNCc2ccccn2)c(Br)cc1OCc1cccc(C)c1. The lowest BCUT2D eigenvalue weighted by Crippen LogP contribution is -2.14. The molecule has 140 valence electrons. The van der Waals surface area contributed by atoms with Crippen molar-refractivity contribution in [3.63, 3.8) is 0 Å². The van der Waals surface area contributed by atoms with E-state index in [9.17, 15) is 0 Å². The molecular weight excluding hydrogens is 404 g/mol. The minimum absolute atomic E-state index is 0.502. The van der Waals surface area contributed by atoms with Crippen molar-refractivity contribution in [3.05, 3.63) is 87.7 Å². The summed E-state index contributed by atoms with van der Waals surface area (Å²) >= 11 is 3.64. The van der Waals surface area contributed by atoms with Crippen molar-refractivity contribution in [2.75, 3.05) is 7.11 Å². The van der Waals surface area contributed by atoms with E-state index in [4.69, 9.17) is 9.47 Å². The second-order valence-corrected chi connectivity index (χ2v) is 7.15. The molecule has 4 nitrogen and oxygen atoms in total. The highest BCUT2D eigenvalue weighted by Gasteiger charge is 2.11. The number of hydrogen-bond donors (Lipinski definition) is 1. The molecule has 2 aromatic carbocycles. The molecule has 3 aromatic rings. The first-order chi connectivity index (χ1) is 13.2. The van der Waals surface area contributed by atoms with Gasteiger partial charge in [0, 0.05) is 23.8 Å². The molecule has 0 aliphatic carbocycles. The quantitative estimate of drug-likeness (QED) is 0.548. The summed E-state index contributed by atoms with van der Waals surface area (Å²) in [6, 6.07) is 18.2. The smallest absolute Gasteiger partial charge is 0.162 e. The lowest BCUT2D eigenvalue weighted by atomic mass is 10.1. The molecule has 0 saturated heterocycles. The number of benzene rings is 2. The van der Waals surface area contributed by atoms with Crippen LogP contribution in [0.4, 0.5) is 0 Å². The molecule has 0 atom stereocenters. The minimum atomic E-state index is 0.502. The normalized spacial score (nSPS) is 10.6. The van der Waals surface area contributed by atoms with Crippen LogP contribution >= 0.6 is 15.9 Å². The van der Waals surface area contributed by atoms with E-state index in [0.29, 0.717) is 19.7 Å². The summed E-state index contributed by atoms with van der Waals surface area (Å²) in [5, 5.41) is 3.40. The van der Waals surface area contributed by atoms with E-state index in [1.54, 1.807) is 13.3 Å². The topological polar surface area (TPSA) is 43.4 Å². The number of rotatable bonds is 8. The van der Waals surface area contributed by atoms with Gasteiger partial charge in [-0.3, -0.25) is 4.98 Å². The molecule has 0 spiro atoms. The summed E-state index contributed by atoms with van der Waals surface area (Å²) < 4.78 is 12.5. The molecule has 0 aliphatic rings. The Morgan fingerprint density at radius 1 is 1.00 bits per heavy atom. The third kappa shape index (κ3) is 5.55. The fraction of sp³-hybridized carbons (Fsp3) is 0.227. The Kier molecular flexibility index (Phi) is 6.85. The predicted molar refractivity (Wildman–Crippen MR) is 111 cm³/mol. The maximum atomic E-state index is 5.99. The number of halogens is 1. The molecule has 0 saturated carbocycles. The maximum absolute atomic E-state index is 5.99. The van der Waals surface area contributed by atoms with E-state index < -0.39 is 0 Å². The monoisotopic (exact) mass is 426 g/mol. The Morgan fingerprint density at radius 3 is 2.63 bits per heavy atom. The third-order valence-corrected chi connectivity index (χ3v) is 4.90. The summed E-state index contributed by atoms with van der Waals surface area (Å²) in [5.74, 6) is 1.44. The largest absolute Gasteiger partial charge is 0.493 e. The van der Waals surface area contributed by atoms with Crippen molar-refractivity contribution in [1.82, 2.24) is 10.3 Å². The van der Waals surface area contributed by atoms with Crippen LogP contribution in [0.5, 0.6) is 11.5 Å². The number of aryl methyl sites for hydroxylation is 1. The molecule has 0 radical (unpaired) electrons. The van der Waals surface area contributed by atoms with Gasteiger partial charge in [0.25, 0.3) is 0 Å². The van der Waals surface area contributed by atoms with Gasteiger partial charge in [-0.15, -0.1) is 0 Å². The van der Waals surface area contributed by atoms with Gasteiger partial charge in [0.05, 0.1) is 12.8 Å². The number of aromatic nitrogens is 1. The van der Waals surface area contributed by atoms with Gasteiger partial charge in [-0.2, -0.15) is 0 Å². The van der Waals surface area contributed by atoms with Gasteiger partial charge in [-0.1, -0.05) is 51.8 Å². The fourth-order valence-corrected chi connectivity index (χ4v) is 3.24. The lowest BCUT2D eigenvalue weighted by Gasteiger charge is -2.15. The van der Waals surface area contributed by atoms with Crippen LogP contribution in [0.25, 0.3) is 0 Å². The van der Waals surface area contributed by atoms with Crippen molar-refractivity contribution in [2.24, 2.45) is 0 Å². The van der Waals surface area contributed by atoms with E-state index in [1.807, 2.05) is 36.4 Å². The van der Waals surface area contributed by atoms with Crippen LogP contribution < -0.4 is 14.8 Å². The Morgan fingerprint density at radius 2 is 1.89 bits per heavy atom. The molecule has 0 amide bonds. The van der Waals surface area contributed by atoms with Gasteiger partial charge >= 0.3 is 0 Å². The molecule has 0 aliphatic heterocycles. The molecule has 1 heterocycles. The molecule has 3 rings (SSSR count). The Bertz CT molecular complexity index is 885. The lowest BCUT2D eigenvalue weighted by molar-refractivity contribution is 0.284. The first-order valence-electron chi connectivity index (χ1n) is 8.81. The highest BCUT2D eigenvalue weighted by molar-refractivity contribution is 9.10. The number of pyridine rings is 1. The van der Waals surface area contributed by atoms with E-state index in [1.165, 1.54) is 5.56 Å². The van der Waals surface area contributed by atoms with Crippen LogP contribution in [0.2, 0.25) is 0 Å². The zero-order valence-electron chi connectivity index (χ0n) is 15.5. The van der Waals surface area contributed by atoms with Crippen LogP contribution in [0.1, 0.15) is 22.4 Å². The highest BCUT2D eigenvalue weighted by Crippen LogP contribution is 2.34. The van der Waals surface area contributed by atoms with Gasteiger partial charge in [-0.25, -0.2) is 0 Å². The zero-order valence-corrected chi connectivity index (χ0v) is 17.1. The molecule has 1 aromatic heterocycles. The van der Waals surface area contributed by atoms with Gasteiger partial charge in [0.15, 0.2) is 11.5 Å². The number of hydrogen-bond acceptors (Lipinski definition) is 4. The second-order valence-electron chi connectivity index (χ2n) is 6.30. The summed E-state index contributed by atoms with van der Waals surface area (Å²) in [7, 11) is 1.66. The number of ether oxygens (including phenoxy) is 2. The Labute approximate surface area is 168 Å². The van der Waals surface area contributed by atoms with E-state index >= 15 is 0 Å². The van der Waals surface area contributed by atoms with Crippen LogP contribution in [0.3, 0.4) is 0 Å². The average Bonchev–Trinajstić information content (AvgIpc) is 2.68. The average molecular weight is 427 g/mol. The van der Waals surface area contributed by atoms with Gasteiger partial charge < -0.3 is 14.8 Å². The van der Waals surface area contributed by atoms with Crippen molar-refractivity contribution in [3.8, 4) is 11.5 Å². The third-order valence-electron chi connectivity index (χ3n) is 4.16. The van der Waals surface area contributed by atoms with Gasteiger partial charge in [0.2, 0.25) is 0 Å². The molecular formula is C22H23BrN2O2. The van der Waals surface area contributed by atoms with Gasteiger partial charge in [0.1, 0.15) is 6.61 Å². The maximum Gasteiger partial charge on any atom is 0.162 e. The fourth-order valence-electron chi connectivity index (χ4n) is 2.78. The standard InChI is InChI=1S/C22H23BrN2O2/c1-16-6-5-7-17(10-16)15-27-22-12-20(23)18(11-21(22)26-2)13-24-14-19-8-3-4-9-25-19/h3-12,24H,13-15H2,1-2H3. The Balaban J connectivity index is 1.65. The van der Waals surface area contributed by atoms with E-state index in [2.05, 4.69) is 51.4 Å². The first kappa shape index (κ1) is 19.4. The summed E-state index contributed by atoms with van der Waals surface area (Å²) in [6.07, 6.45) is 1.80. The summed E-state index contributed by atoms with van der Waals surface area (Å²) in [5.41, 5.74) is 4.47. The second kappa shape index (κ2) is 9.53. The summed E-state index contributed by atoms with van der Waals surface area (Å²) in [6.45, 7) is 3.99. The minimum Gasteiger partial charge on any atom is -0.493 e.